The van der Waals surface area contributed by atoms with E-state index in [1.165, 1.54) is 12.8 Å². The van der Waals surface area contributed by atoms with Crippen LogP contribution in [-0.4, -0.2) is 64.6 Å². The summed E-state index contributed by atoms with van der Waals surface area (Å²) in [6, 6.07) is 0. The average Bonchev–Trinajstić information content (AvgIpc) is 2.76. The minimum Gasteiger partial charge on any atom is -0.385 e. The zero-order valence-electron chi connectivity index (χ0n) is 10.7. The summed E-state index contributed by atoms with van der Waals surface area (Å²) >= 11 is 0. The molecule has 0 spiro atoms. The molecule has 0 aromatic rings. The minimum absolute atomic E-state index is 0.471. The van der Waals surface area contributed by atoms with E-state index < -0.39 is 0 Å². The van der Waals surface area contributed by atoms with Crippen molar-refractivity contribution in [3.8, 4) is 0 Å². The molecule has 1 atom stereocenters. The fraction of sp³-hybridized carbons (Fsp3) is 1.00. The maximum Gasteiger partial charge on any atom is 0.0702 e. The summed E-state index contributed by atoms with van der Waals surface area (Å²) in [4.78, 5) is 2.35. The minimum atomic E-state index is 0.471. The first-order valence-corrected chi connectivity index (χ1v) is 6.32. The van der Waals surface area contributed by atoms with Crippen molar-refractivity contribution in [2.24, 2.45) is 0 Å². The molecule has 1 rings (SSSR count). The zero-order chi connectivity index (χ0) is 11.6. The second-order valence-electron chi connectivity index (χ2n) is 4.49. The van der Waals surface area contributed by atoms with Gasteiger partial charge in [-0.15, -0.1) is 0 Å². The summed E-state index contributed by atoms with van der Waals surface area (Å²) in [5.41, 5.74) is 0. The van der Waals surface area contributed by atoms with Gasteiger partial charge in [0.25, 0.3) is 0 Å². The highest BCUT2D eigenvalue weighted by Crippen LogP contribution is 2.12. The molecule has 0 amide bonds. The van der Waals surface area contributed by atoms with Gasteiger partial charge < -0.3 is 19.7 Å². The Balaban J connectivity index is 1.87. The number of methoxy groups -OCH3 is 1. The predicted octanol–water partition coefficient (Wildman–Crippen LogP) is 0.723. The molecule has 1 N–H and O–H groups in total. The Labute approximate surface area is 99.3 Å². The van der Waals surface area contributed by atoms with Crippen LogP contribution < -0.4 is 5.32 Å². The molecule has 0 bridgehead atoms. The van der Waals surface area contributed by atoms with Crippen molar-refractivity contribution in [3.05, 3.63) is 0 Å². The van der Waals surface area contributed by atoms with E-state index in [1.807, 2.05) is 0 Å². The quantitative estimate of drug-likeness (QED) is 0.592. The van der Waals surface area contributed by atoms with E-state index in [0.29, 0.717) is 6.10 Å². The third kappa shape index (κ3) is 6.43. The molecule has 96 valence electrons. The molecule has 0 aliphatic carbocycles. The first-order valence-electron chi connectivity index (χ1n) is 6.32. The number of hydrogen-bond acceptors (Lipinski definition) is 4. The second-order valence-corrected chi connectivity index (χ2v) is 4.49. The summed E-state index contributed by atoms with van der Waals surface area (Å²) < 4.78 is 10.6. The van der Waals surface area contributed by atoms with E-state index in [1.54, 1.807) is 7.11 Å². The summed E-state index contributed by atoms with van der Waals surface area (Å²) in [5.74, 6) is 0. The highest BCUT2D eigenvalue weighted by atomic mass is 16.5. The largest absolute Gasteiger partial charge is 0.385 e. The van der Waals surface area contributed by atoms with Crippen LogP contribution >= 0.6 is 0 Å². The molecular weight excluding hydrogens is 204 g/mol. The summed E-state index contributed by atoms with van der Waals surface area (Å²) in [7, 11) is 3.91. The smallest absolute Gasteiger partial charge is 0.0702 e. The Morgan fingerprint density at radius 2 is 2.31 bits per heavy atom. The first kappa shape index (κ1) is 13.9. The number of hydrogen-bond donors (Lipinski definition) is 1. The molecule has 16 heavy (non-hydrogen) atoms. The number of nitrogens with one attached hydrogen (secondary N) is 1. The zero-order valence-corrected chi connectivity index (χ0v) is 10.7. The summed E-state index contributed by atoms with van der Waals surface area (Å²) in [5, 5.41) is 3.41. The molecule has 4 nitrogen and oxygen atoms in total. The molecule has 1 aliphatic rings. The SMILES string of the molecule is COCCCNCCN(C)CC1CCCO1. The fourth-order valence-corrected chi connectivity index (χ4v) is 1.96. The normalized spacial score (nSPS) is 20.8. The molecule has 4 heteroatoms. The number of likely N-dealkylation sites (N-methyl/N-ethyl adjacent to an activating group) is 1. The summed E-state index contributed by atoms with van der Waals surface area (Å²) in [6.07, 6.45) is 4.02. The highest BCUT2D eigenvalue weighted by Gasteiger charge is 2.16. The molecule has 1 unspecified atom stereocenters. The molecular formula is C12H26N2O2. The Morgan fingerprint density at radius 1 is 1.44 bits per heavy atom. The van der Waals surface area contributed by atoms with Crippen LogP contribution in [0.5, 0.6) is 0 Å². The first-order chi connectivity index (χ1) is 7.83. The van der Waals surface area contributed by atoms with E-state index in [-0.39, 0.29) is 0 Å². The van der Waals surface area contributed by atoms with Crippen molar-refractivity contribution in [3.63, 3.8) is 0 Å². The Hall–Kier alpha value is -0.160. The Morgan fingerprint density at radius 3 is 3.00 bits per heavy atom. The van der Waals surface area contributed by atoms with Crippen LogP contribution in [0.4, 0.5) is 0 Å². The van der Waals surface area contributed by atoms with Crippen LogP contribution in [0, 0.1) is 0 Å². The van der Waals surface area contributed by atoms with E-state index >= 15 is 0 Å². The van der Waals surface area contributed by atoms with Crippen LogP contribution in [0.1, 0.15) is 19.3 Å². The monoisotopic (exact) mass is 230 g/mol. The van der Waals surface area contributed by atoms with Gasteiger partial charge in [0.15, 0.2) is 0 Å². The second kappa shape index (κ2) is 8.93. The van der Waals surface area contributed by atoms with E-state index in [9.17, 15) is 0 Å². The van der Waals surface area contributed by atoms with Crippen molar-refractivity contribution in [2.45, 2.75) is 25.4 Å². The van der Waals surface area contributed by atoms with Crippen molar-refractivity contribution in [1.29, 1.82) is 0 Å². The van der Waals surface area contributed by atoms with Gasteiger partial charge in [0.05, 0.1) is 6.10 Å². The van der Waals surface area contributed by atoms with Gasteiger partial charge in [-0.1, -0.05) is 0 Å². The van der Waals surface area contributed by atoms with E-state index in [4.69, 9.17) is 9.47 Å². The van der Waals surface area contributed by atoms with Gasteiger partial charge in [-0.25, -0.2) is 0 Å². The predicted molar refractivity (Wildman–Crippen MR) is 65.8 cm³/mol. The van der Waals surface area contributed by atoms with E-state index in [2.05, 4.69) is 17.3 Å². The molecule has 1 saturated heterocycles. The van der Waals surface area contributed by atoms with Crippen LogP contribution in [0.15, 0.2) is 0 Å². The maximum atomic E-state index is 5.60. The van der Waals surface area contributed by atoms with Gasteiger partial charge in [0, 0.05) is 40.0 Å². The lowest BCUT2D eigenvalue weighted by atomic mass is 10.2. The van der Waals surface area contributed by atoms with Gasteiger partial charge in [0.1, 0.15) is 0 Å². The Bertz CT molecular complexity index is 161. The van der Waals surface area contributed by atoms with Crippen LogP contribution in [0.3, 0.4) is 0 Å². The lowest BCUT2D eigenvalue weighted by molar-refractivity contribution is 0.0814. The van der Waals surface area contributed by atoms with E-state index in [0.717, 1.165) is 45.8 Å². The molecule has 1 aliphatic heterocycles. The average molecular weight is 230 g/mol. The molecule has 1 fully saturated rings. The third-order valence-corrected chi connectivity index (χ3v) is 2.91. The number of ether oxygens (including phenoxy) is 2. The van der Waals surface area contributed by atoms with Crippen LogP contribution in [0.25, 0.3) is 0 Å². The van der Waals surface area contributed by atoms with Gasteiger partial charge in [0.2, 0.25) is 0 Å². The lowest BCUT2D eigenvalue weighted by Crippen LogP contribution is -2.34. The van der Waals surface area contributed by atoms with Gasteiger partial charge in [-0.05, 0) is 32.9 Å². The van der Waals surface area contributed by atoms with Gasteiger partial charge in [-0.3, -0.25) is 0 Å². The Kier molecular flexibility index (Phi) is 7.76. The number of rotatable bonds is 9. The topological polar surface area (TPSA) is 33.7 Å². The third-order valence-electron chi connectivity index (χ3n) is 2.91. The van der Waals surface area contributed by atoms with Crippen molar-refractivity contribution in [1.82, 2.24) is 10.2 Å². The van der Waals surface area contributed by atoms with Gasteiger partial charge in [-0.2, -0.15) is 0 Å². The van der Waals surface area contributed by atoms with Crippen molar-refractivity contribution < 1.29 is 9.47 Å². The van der Waals surface area contributed by atoms with Crippen molar-refractivity contribution >= 4 is 0 Å². The number of nitrogens with zero attached hydrogens (tertiary/aromatic N) is 1. The maximum absolute atomic E-state index is 5.60. The molecule has 0 radical (unpaired) electrons. The molecule has 0 aromatic carbocycles. The highest BCUT2D eigenvalue weighted by molar-refractivity contribution is 4.68. The van der Waals surface area contributed by atoms with Crippen LogP contribution in [0.2, 0.25) is 0 Å². The fourth-order valence-electron chi connectivity index (χ4n) is 1.96. The lowest BCUT2D eigenvalue weighted by Gasteiger charge is -2.20. The van der Waals surface area contributed by atoms with Crippen LogP contribution in [-0.2, 0) is 9.47 Å². The summed E-state index contributed by atoms with van der Waals surface area (Å²) in [6.45, 7) is 6.05. The standard InChI is InChI=1S/C12H26N2O2/c1-14(11-12-5-3-10-16-12)8-7-13-6-4-9-15-2/h12-13H,3-11H2,1-2H3. The van der Waals surface area contributed by atoms with Gasteiger partial charge >= 0.3 is 0 Å². The van der Waals surface area contributed by atoms with Crippen molar-refractivity contribution in [2.75, 3.05) is 53.6 Å². The molecule has 0 saturated carbocycles. The molecule has 0 aromatic heterocycles. The molecule has 1 heterocycles.